The van der Waals surface area contributed by atoms with Crippen molar-refractivity contribution in [1.82, 2.24) is 15.1 Å². The van der Waals surface area contributed by atoms with E-state index in [9.17, 15) is 19.7 Å². The molecule has 1 N–H and O–H groups in total. The summed E-state index contributed by atoms with van der Waals surface area (Å²) in [5, 5.41) is 13.3. The van der Waals surface area contributed by atoms with E-state index in [0.29, 0.717) is 24.7 Å². The van der Waals surface area contributed by atoms with E-state index in [1.54, 1.807) is 0 Å². The molecule has 3 amide bonds. The molecule has 116 valence electrons. The van der Waals surface area contributed by atoms with Crippen molar-refractivity contribution in [2.24, 2.45) is 4.99 Å². The lowest BCUT2D eigenvalue weighted by atomic mass is 10.2. The van der Waals surface area contributed by atoms with Crippen molar-refractivity contribution in [2.45, 2.75) is 6.04 Å². The second kappa shape index (κ2) is 6.59. The van der Waals surface area contributed by atoms with Gasteiger partial charge in [0.2, 0.25) is 0 Å². The number of amidine groups is 1. The quantitative estimate of drug-likeness (QED) is 0.501. The Morgan fingerprint density at radius 2 is 2.10 bits per heavy atom. The molecule has 0 radical (unpaired) electrons. The molecule has 0 aliphatic carbocycles. The topological polar surface area (TPSA) is 117 Å². The Morgan fingerprint density at radius 1 is 1.43 bits per heavy atom. The molecule has 2 saturated heterocycles. The third kappa shape index (κ3) is 3.52. The summed E-state index contributed by atoms with van der Waals surface area (Å²) >= 11 is 0. The van der Waals surface area contributed by atoms with Crippen LogP contribution in [-0.2, 0) is 9.53 Å². The van der Waals surface area contributed by atoms with Crippen LogP contribution < -0.4 is 5.32 Å². The summed E-state index contributed by atoms with van der Waals surface area (Å²) < 4.78 is 5.21. The highest BCUT2D eigenvalue weighted by Gasteiger charge is 2.45. The molecule has 2 fully saturated rings. The molecule has 2 aliphatic heterocycles. The average molecular weight is 299 g/mol. The zero-order valence-electron chi connectivity index (χ0n) is 11.7. The first kappa shape index (κ1) is 15.3. The fourth-order valence-electron chi connectivity index (χ4n) is 2.11. The lowest BCUT2D eigenvalue weighted by molar-refractivity contribution is -0.491. The molecule has 2 rings (SSSR count). The van der Waals surface area contributed by atoms with Crippen LogP contribution in [-0.4, -0.2) is 85.0 Å². The maximum Gasteiger partial charge on any atom is 0.346 e. The van der Waals surface area contributed by atoms with Gasteiger partial charge in [-0.05, 0) is 0 Å². The Kier molecular flexibility index (Phi) is 4.81. The van der Waals surface area contributed by atoms with Crippen molar-refractivity contribution in [3.63, 3.8) is 0 Å². The van der Waals surface area contributed by atoms with E-state index in [1.165, 1.54) is 7.05 Å². The number of rotatable bonds is 4. The number of likely N-dealkylation sites (N-methyl/N-ethyl adjacent to an activating group) is 1. The summed E-state index contributed by atoms with van der Waals surface area (Å²) in [5.41, 5.74) is 0. The van der Waals surface area contributed by atoms with Crippen LogP contribution >= 0.6 is 0 Å². The Balaban J connectivity index is 2.00. The van der Waals surface area contributed by atoms with E-state index in [-0.39, 0.29) is 12.4 Å². The third-order valence-electron chi connectivity index (χ3n) is 3.38. The van der Waals surface area contributed by atoms with Gasteiger partial charge in [-0.2, -0.15) is 0 Å². The number of aliphatic imine (C=N–C) groups is 1. The highest BCUT2D eigenvalue weighted by atomic mass is 16.6. The first-order valence-corrected chi connectivity index (χ1v) is 6.57. The molecule has 0 aromatic rings. The summed E-state index contributed by atoms with van der Waals surface area (Å²) in [6, 6.07) is -2.35. The molecular formula is C11H17N5O5. The summed E-state index contributed by atoms with van der Waals surface area (Å²) in [6.45, 7) is 3.71. The van der Waals surface area contributed by atoms with E-state index < -0.39 is 22.9 Å². The molecule has 0 aromatic carbocycles. The number of nitrogens with zero attached hydrogens (tertiary/aromatic N) is 4. The first-order chi connectivity index (χ1) is 10.0. The maximum absolute atomic E-state index is 11.8. The Labute approximate surface area is 120 Å². The highest BCUT2D eigenvalue weighted by Crippen LogP contribution is 2.06. The Bertz CT molecular complexity index is 474. The molecule has 10 nitrogen and oxygen atoms in total. The van der Waals surface area contributed by atoms with E-state index >= 15 is 0 Å². The number of ether oxygens (including phenoxy) is 1. The number of hydrogen-bond donors (Lipinski definition) is 1. The van der Waals surface area contributed by atoms with Gasteiger partial charge in [0.1, 0.15) is 0 Å². The minimum atomic E-state index is -1.64. The molecule has 0 spiro atoms. The Morgan fingerprint density at radius 3 is 2.71 bits per heavy atom. The number of imide groups is 1. The Hall–Kier alpha value is -2.07. The largest absolute Gasteiger partial charge is 0.379 e. The van der Waals surface area contributed by atoms with Gasteiger partial charge in [0.25, 0.3) is 0 Å². The first-order valence-electron chi connectivity index (χ1n) is 6.57. The average Bonchev–Trinajstić information content (AvgIpc) is 2.45. The third-order valence-corrected chi connectivity index (χ3v) is 3.38. The summed E-state index contributed by atoms with van der Waals surface area (Å²) in [6.07, 6.45) is 0. The minimum Gasteiger partial charge on any atom is -0.379 e. The van der Waals surface area contributed by atoms with Crippen molar-refractivity contribution in [3.8, 4) is 0 Å². The summed E-state index contributed by atoms with van der Waals surface area (Å²) in [7, 11) is 1.19. The second-order valence-electron chi connectivity index (χ2n) is 4.74. The minimum absolute atomic E-state index is 0.193. The normalized spacial score (nSPS) is 26.0. The van der Waals surface area contributed by atoms with Gasteiger partial charge in [0.15, 0.2) is 5.84 Å². The van der Waals surface area contributed by atoms with Crippen LogP contribution in [0.1, 0.15) is 0 Å². The lowest BCUT2D eigenvalue weighted by Gasteiger charge is -2.27. The van der Waals surface area contributed by atoms with Gasteiger partial charge in [-0.15, -0.1) is 0 Å². The van der Waals surface area contributed by atoms with Crippen molar-refractivity contribution in [1.29, 1.82) is 0 Å². The van der Waals surface area contributed by atoms with Crippen LogP contribution in [0.4, 0.5) is 4.79 Å². The van der Waals surface area contributed by atoms with Gasteiger partial charge in [0.05, 0.1) is 19.8 Å². The molecule has 10 heteroatoms. The van der Waals surface area contributed by atoms with Gasteiger partial charge >= 0.3 is 18.0 Å². The molecule has 0 saturated carbocycles. The summed E-state index contributed by atoms with van der Waals surface area (Å²) in [5.74, 6) is -1.07. The van der Waals surface area contributed by atoms with Crippen LogP contribution in [0.5, 0.6) is 0 Å². The fourth-order valence-corrected chi connectivity index (χ4v) is 2.11. The van der Waals surface area contributed by atoms with E-state index in [1.807, 2.05) is 0 Å². The van der Waals surface area contributed by atoms with Crippen LogP contribution in [0.2, 0.25) is 0 Å². The monoisotopic (exact) mass is 299 g/mol. The maximum atomic E-state index is 11.8. The number of hydrogen-bond acceptors (Lipinski definition) is 7. The van der Waals surface area contributed by atoms with Gasteiger partial charge in [0, 0.05) is 31.6 Å². The van der Waals surface area contributed by atoms with Gasteiger partial charge in [-0.1, -0.05) is 0 Å². The molecule has 2 heterocycles. The van der Waals surface area contributed by atoms with E-state index in [0.717, 1.165) is 13.1 Å². The molecule has 1 unspecified atom stereocenters. The number of morpholine rings is 1. The van der Waals surface area contributed by atoms with Gasteiger partial charge in [-0.3, -0.25) is 35.0 Å². The standard InChI is InChI=1S/C11H17N5O5/c1-14-10(17)8(16(19)20)9(13-11(14)18)12-2-3-15-4-6-21-7-5-15/h8H,2-7H2,1H3,(H,12,13,18). The predicted molar refractivity (Wildman–Crippen MR) is 71.6 cm³/mol. The van der Waals surface area contributed by atoms with E-state index in [2.05, 4.69) is 15.2 Å². The number of nitrogens with one attached hydrogen (secondary N) is 1. The van der Waals surface area contributed by atoms with Crippen LogP contribution in [0.15, 0.2) is 4.99 Å². The smallest absolute Gasteiger partial charge is 0.346 e. The molecule has 2 aliphatic rings. The van der Waals surface area contributed by atoms with Crippen LogP contribution in [0.25, 0.3) is 0 Å². The number of carbonyl (C=O) groups is 2. The molecule has 0 bridgehead atoms. The van der Waals surface area contributed by atoms with Crippen molar-refractivity contribution in [2.75, 3.05) is 46.4 Å². The lowest BCUT2D eigenvalue weighted by Crippen LogP contribution is -2.61. The molecule has 0 aromatic heterocycles. The van der Waals surface area contributed by atoms with Gasteiger partial charge < -0.3 is 4.74 Å². The zero-order valence-corrected chi connectivity index (χ0v) is 11.7. The zero-order chi connectivity index (χ0) is 15.4. The van der Waals surface area contributed by atoms with Crippen LogP contribution in [0, 0.1) is 10.1 Å². The van der Waals surface area contributed by atoms with Crippen molar-refractivity contribution >= 4 is 17.8 Å². The van der Waals surface area contributed by atoms with Crippen LogP contribution in [0.3, 0.4) is 0 Å². The molecule has 21 heavy (non-hydrogen) atoms. The SMILES string of the molecule is CN1C(=O)NC(=NCCN2CCOCC2)C([N+](=O)[O-])C1=O. The molecular weight excluding hydrogens is 282 g/mol. The predicted octanol–water partition coefficient (Wildman–Crippen LogP) is -1.46. The van der Waals surface area contributed by atoms with Gasteiger partial charge in [-0.25, -0.2) is 4.79 Å². The molecule has 1 atom stereocenters. The number of urea groups is 1. The van der Waals surface area contributed by atoms with Crippen molar-refractivity contribution < 1.29 is 19.2 Å². The highest BCUT2D eigenvalue weighted by molar-refractivity contribution is 6.19. The number of amides is 3. The number of carbonyl (C=O) groups excluding carboxylic acids is 2. The van der Waals surface area contributed by atoms with Crippen molar-refractivity contribution in [3.05, 3.63) is 10.1 Å². The van der Waals surface area contributed by atoms with E-state index in [4.69, 9.17) is 4.74 Å². The number of nitro groups is 1. The second-order valence-corrected chi connectivity index (χ2v) is 4.74. The summed E-state index contributed by atoms with van der Waals surface area (Å²) in [4.78, 5) is 40.3. The fraction of sp³-hybridized carbons (Fsp3) is 0.727.